The van der Waals surface area contributed by atoms with Gasteiger partial charge in [-0.1, -0.05) is 12.1 Å². The summed E-state index contributed by atoms with van der Waals surface area (Å²) in [5.41, 5.74) is 1.59. The third-order valence-electron chi connectivity index (χ3n) is 6.28. The summed E-state index contributed by atoms with van der Waals surface area (Å²) in [6, 6.07) is 5.80. The summed E-state index contributed by atoms with van der Waals surface area (Å²) in [6.07, 6.45) is 0.677. The molecular weight excluding hydrogens is 470 g/mol. The Morgan fingerprint density at radius 3 is 2.46 bits per heavy atom. The van der Waals surface area contributed by atoms with Crippen LogP contribution in [0, 0.1) is 13.8 Å². The van der Waals surface area contributed by atoms with Crippen LogP contribution in [0.25, 0.3) is 0 Å². The maximum Gasteiger partial charge on any atom is 0.337 e. The summed E-state index contributed by atoms with van der Waals surface area (Å²) in [5.74, 6) is -1.99. The molecule has 2 aliphatic rings. The van der Waals surface area contributed by atoms with E-state index in [4.69, 9.17) is 9.47 Å². The van der Waals surface area contributed by atoms with Gasteiger partial charge in [0.1, 0.15) is 0 Å². The lowest BCUT2D eigenvalue weighted by molar-refractivity contribution is -0.129. The third-order valence-corrected chi connectivity index (χ3v) is 7.35. The van der Waals surface area contributed by atoms with Crippen molar-refractivity contribution in [2.24, 2.45) is 0 Å². The average molecular weight is 500 g/mol. The molecule has 4 rings (SSSR count). The Bertz CT molecular complexity index is 1150. The zero-order chi connectivity index (χ0) is 25.1. The van der Waals surface area contributed by atoms with Gasteiger partial charge < -0.3 is 19.5 Å². The van der Waals surface area contributed by atoms with E-state index in [2.05, 4.69) is 9.88 Å². The standard InChI is InChI=1S/C25H29N3O6S/c1-15-23(35-16(2)26-15)21(29)19-20(17-5-7-18(8-6-17)25(32)33-3)28(24(31)22(19)30)10-4-9-27-11-13-34-14-12-27/h5-8,20,30H,4,9-14H2,1-3H3/t20-/m0/s1. The number of morpholine rings is 1. The molecule has 10 heteroatoms. The van der Waals surface area contributed by atoms with E-state index in [1.807, 2.05) is 6.92 Å². The van der Waals surface area contributed by atoms with Crippen LogP contribution in [0.4, 0.5) is 0 Å². The van der Waals surface area contributed by atoms with Gasteiger partial charge in [-0.05, 0) is 38.0 Å². The zero-order valence-corrected chi connectivity index (χ0v) is 20.9. The Morgan fingerprint density at radius 1 is 1.17 bits per heavy atom. The number of aliphatic hydroxyl groups excluding tert-OH is 1. The van der Waals surface area contributed by atoms with Gasteiger partial charge in [-0.15, -0.1) is 11.3 Å². The lowest BCUT2D eigenvalue weighted by Crippen LogP contribution is -2.39. The molecule has 0 spiro atoms. The van der Waals surface area contributed by atoms with E-state index in [9.17, 15) is 19.5 Å². The number of carbonyl (C=O) groups is 3. The number of nitrogens with zero attached hydrogens (tertiary/aromatic N) is 3. The topological polar surface area (TPSA) is 109 Å². The van der Waals surface area contributed by atoms with E-state index in [0.29, 0.717) is 47.9 Å². The Balaban J connectivity index is 1.65. The van der Waals surface area contributed by atoms with E-state index in [0.717, 1.165) is 24.6 Å². The van der Waals surface area contributed by atoms with Gasteiger partial charge in [0, 0.05) is 26.2 Å². The second kappa shape index (κ2) is 10.7. The van der Waals surface area contributed by atoms with Crippen LogP contribution in [0.1, 0.15) is 48.8 Å². The number of methoxy groups -OCH3 is 1. The van der Waals surface area contributed by atoms with Crippen molar-refractivity contribution >= 4 is 29.0 Å². The molecular formula is C25H29N3O6S. The molecule has 1 N–H and O–H groups in total. The molecule has 1 aromatic carbocycles. The molecule has 186 valence electrons. The summed E-state index contributed by atoms with van der Waals surface area (Å²) >= 11 is 1.24. The molecule has 9 nitrogen and oxygen atoms in total. The molecule has 2 aliphatic heterocycles. The fourth-order valence-corrected chi connectivity index (χ4v) is 5.41. The molecule has 0 radical (unpaired) electrons. The molecule has 35 heavy (non-hydrogen) atoms. The minimum Gasteiger partial charge on any atom is -0.503 e. The van der Waals surface area contributed by atoms with Crippen molar-refractivity contribution in [1.29, 1.82) is 0 Å². The maximum absolute atomic E-state index is 13.6. The number of aryl methyl sites for hydroxylation is 2. The van der Waals surface area contributed by atoms with E-state index in [1.165, 1.54) is 18.4 Å². The van der Waals surface area contributed by atoms with Crippen molar-refractivity contribution in [3.8, 4) is 0 Å². The fraction of sp³-hybridized carbons (Fsp3) is 0.440. The molecule has 0 bridgehead atoms. The number of aromatic nitrogens is 1. The highest BCUT2D eigenvalue weighted by Crippen LogP contribution is 2.40. The summed E-state index contributed by atoms with van der Waals surface area (Å²) in [6.45, 7) is 7.74. The van der Waals surface area contributed by atoms with Crippen molar-refractivity contribution < 1.29 is 29.0 Å². The van der Waals surface area contributed by atoms with E-state index in [1.54, 1.807) is 36.1 Å². The van der Waals surface area contributed by atoms with Crippen LogP contribution in [0.2, 0.25) is 0 Å². The van der Waals surface area contributed by atoms with Crippen LogP contribution in [-0.4, -0.2) is 84.1 Å². The second-order valence-corrected chi connectivity index (χ2v) is 9.76. The molecule has 1 amide bonds. The lowest BCUT2D eigenvalue weighted by Gasteiger charge is -2.30. The van der Waals surface area contributed by atoms with Crippen LogP contribution >= 0.6 is 11.3 Å². The predicted molar refractivity (Wildman–Crippen MR) is 130 cm³/mol. The molecule has 1 aromatic heterocycles. The second-order valence-electron chi connectivity index (χ2n) is 8.56. The van der Waals surface area contributed by atoms with E-state index >= 15 is 0 Å². The van der Waals surface area contributed by atoms with Crippen LogP contribution in [0.15, 0.2) is 35.6 Å². The van der Waals surface area contributed by atoms with Gasteiger partial charge in [0.15, 0.2) is 5.76 Å². The van der Waals surface area contributed by atoms with Crippen LogP contribution < -0.4 is 0 Å². The van der Waals surface area contributed by atoms with Crippen molar-refractivity contribution in [3.05, 3.63) is 62.3 Å². The Labute approximate surface area is 208 Å². The molecule has 2 aromatic rings. The Morgan fingerprint density at radius 2 is 1.86 bits per heavy atom. The highest BCUT2D eigenvalue weighted by molar-refractivity contribution is 7.14. The number of rotatable bonds is 8. The number of benzene rings is 1. The molecule has 0 saturated carbocycles. The van der Waals surface area contributed by atoms with E-state index < -0.39 is 29.5 Å². The van der Waals surface area contributed by atoms with Gasteiger partial charge in [0.2, 0.25) is 5.78 Å². The quantitative estimate of drug-likeness (QED) is 0.436. The Hall–Kier alpha value is -3.08. The van der Waals surface area contributed by atoms with Gasteiger partial charge in [-0.2, -0.15) is 0 Å². The van der Waals surface area contributed by atoms with Crippen molar-refractivity contribution in [2.75, 3.05) is 46.5 Å². The maximum atomic E-state index is 13.6. The molecule has 0 unspecified atom stereocenters. The largest absolute Gasteiger partial charge is 0.503 e. The number of thiazole rings is 1. The summed E-state index contributed by atoms with van der Waals surface area (Å²) in [7, 11) is 1.30. The molecule has 3 heterocycles. The molecule has 1 fully saturated rings. The first kappa shape index (κ1) is 25.0. The van der Waals surface area contributed by atoms with Gasteiger partial charge in [0.05, 0.1) is 53.1 Å². The van der Waals surface area contributed by atoms with Crippen molar-refractivity contribution in [1.82, 2.24) is 14.8 Å². The van der Waals surface area contributed by atoms with Crippen molar-refractivity contribution in [3.63, 3.8) is 0 Å². The number of ether oxygens (including phenoxy) is 2. The molecule has 1 saturated heterocycles. The number of Topliss-reactive ketones (excluding diaryl/α,β-unsaturated/α-hetero) is 1. The number of hydrogen-bond donors (Lipinski definition) is 1. The fourth-order valence-electron chi connectivity index (χ4n) is 4.54. The minimum atomic E-state index is -0.770. The highest BCUT2D eigenvalue weighted by Gasteiger charge is 2.44. The monoisotopic (exact) mass is 499 g/mol. The number of aliphatic hydroxyl groups is 1. The van der Waals surface area contributed by atoms with Crippen LogP contribution in [0.3, 0.4) is 0 Å². The molecule has 1 atom stereocenters. The van der Waals surface area contributed by atoms with E-state index in [-0.39, 0.29) is 5.57 Å². The number of amides is 1. The lowest BCUT2D eigenvalue weighted by atomic mass is 9.94. The zero-order valence-electron chi connectivity index (χ0n) is 20.1. The molecule has 0 aliphatic carbocycles. The number of ketones is 1. The van der Waals surface area contributed by atoms with Crippen molar-refractivity contribution in [2.45, 2.75) is 26.3 Å². The first-order valence-electron chi connectivity index (χ1n) is 11.5. The highest BCUT2D eigenvalue weighted by atomic mass is 32.1. The smallest absolute Gasteiger partial charge is 0.337 e. The first-order valence-corrected chi connectivity index (χ1v) is 12.3. The van der Waals surface area contributed by atoms with Gasteiger partial charge in [0.25, 0.3) is 5.91 Å². The number of hydrogen-bond acceptors (Lipinski definition) is 9. The summed E-state index contributed by atoms with van der Waals surface area (Å²) in [4.78, 5) is 47.2. The summed E-state index contributed by atoms with van der Waals surface area (Å²) in [5, 5.41) is 11.6. The number of carbonyl (C=O) groups excluding carboxylic acids is 3. The normalized spacial score (nSPS) is 18.9. The predicted octanol–water partition coefficient (Wildman–Crippen LogP) is 2.85. The average Bonchev–Trinajstić information content (AvgIpc) is 3.34. The van der Waals surface area contributed by atoms with Crippen LogP contribution in [0.5, 0.6) is 0 Å². The first-order chi connectivity index (χ1) is 16.8. The SMILES string of the molecule is COC(=O)c1ccc([C@H]2C(C(=O)c3sc(C)nc3C)=C(O)C(=O)N2CCCN2CCOCC2)cc1. The minimum absolute atomic E-state index is 0.0407. The van der Waals surface area contributed by atoms with Gasteiger partial charge in [-0.3, -0.25) is 14.5 Å². The number of esters is 1. The Kier molecular flexibility index (Phi) is 7.63. The van der Waals surface area contributed by atoms with Crippen LogP contribution in [-0.2, 0) is 14.3 Å². The van der Waals surface area contributed by atoms with Gasteiger partial charge >= 0.3 is 5.97 Å². The van der Waals surface area contributed by atoms with Gasteiger partial charge in [-0.25, -0.2) is 9.78 Å². The summed E-state index contributed by atoms with van der Waals surface area (Å²) < 4.78 is 10.2. The third kappa shape index (κ3) is 5.14.